The number of ether oxygens (including phenoxy) is 1. The van der Waals surface area contributed by atoms with Gasteiger partial charge in [0, 0.05) is 36.7 Å². The van der Waals surface area contributed by atoms with Crippen molar-refractivity contribution in [3.05, 3.63) is 78.7 Å². The van der Waals surface area contributed by atoms with Crippen LogP contribution in [0.2, 0.25) is 0 Å². The van der Waals surface area contributed by atoms with Crippen LogP contribution < -0.4 is 75.8 Å². The Bertz CT molecular complexity index is 2840. The van der Waals surface area contributed by atoms with Crippen LogP contribution in [0.25, 0.3) is 11.0 Å². The van der Waals surface area contributed by atoms with Gasteiger partial charge in [-0.1, -0.05) is 27.7 Å². The Hall–Kier alpha value is -9.00. The summed E-state index contributed by atoms with van der Waals surface area (Å²) in [7, 11) is 1.41. The van der Waals surface area contributed by atoms with Crippen LogP contribution in [-0.2, 0) is 44.8 Å². The lowest BCUT2D eigenvalue weighted by Gasteiger charge is -2.27. The van der Waals surface area contributed by atoms with Gasteiger partial charge in [0.15, 0.2) is 5.96 Å². The van der Waals surface area contributed by atoms with E-state index < -0.39 is 142 Å². The number of methoxy groups -OCH3 is 1. The van der Waals surface area contributed by atoms with Crippen molar-refractivity contribution in [2.45, 2.75) is 122 Å². The molecule has 0 saturated heterocycles. The molecule has 2 aromatic carbocycles. The van der Waals surface area contributed by atoms with E-state index >= 15 is 0 Å². The Kier molecular flexibility index (Phi) is 26.3. The number of nitrogens with zero attached hydrogens (tertiary/aromatic N) is 3. The average Bonchev–Trinajstić information content (AvgIpc) is 3.39. The van der Waals surface area contributed by atoms with Crippen LogP contribution in [0, 0.1) is 32.1 Å². The highest BCUT2D eigenvalue weighted by atomic mass is 16.6. The van der Waals surface area contributed by atoms with Crippen molar-refractivity contribution in [1.82, 2.24) is 37.2 Å². The van der Waals surface area contributed by atoms with Gasteiger partial charge in [0.2, 0.25) is 47.3 Å². The van der Waals surface area contributed by atoms with Gasteiger partial charge in [-0.2, -0.15) is 0 Å². The van der Waals surface area contributed by atoms with Crippen molar-refractivity contribution >= 4 is 81.2 Å². The van der Waals surface area contributed by atoms with E-state index in [0.717, 1.165) is 18.2 Å². The van der Waals surface area contributed by atoms with Gasteiger partial charge >= 0.3 is 5.63 Å². The van der Waals surface area contributed by atoms with E-state index in [1.807, 2.05) is 0 Å². The van der Waals surface area contributed by atoms with Gasteiger partial charge in [0.1, 0.15) is 53.3 Å². The highest BCUT2D eigenvalue weighted by molar-refractivity contribution is 5.97. The van der Waals surface area contributed by atoms with E-state index in [0.29, 0.717) is 23.6 Å². The first-order valence-corrected chi connectivity index (χ1v) is 25.7. The molecule has 7 atom stereocenters. The van der Waals surface area contributed by atoms with Crippen LogP contribution in [0.3, 0.4) is 0 Å². The summed E-state index contributed by atoms with van der Waals surface area (Å²) in [6.07, 6.45) is -1.30. The van der Waals surface area contributed by atoms with E-state index in [1.165, 1.54) is 20.1 Å². The first kappa shape index (κ1) is 66.3. The summed E-state index contributed by atoms with van der Waals surface area (Å²) in [5.41, 5.74) is 20.1. The number of hydrogen-bond donors (Lipinski definition) is 13. The zero-order chi connectivity index (χ0) is 60.7. The van der Waals surface area contributed by atoms with E-state index in [9.17, 15) is 68.5 Å². The number of amides is 8. The number of rotatable bonds is 34. The van der Waals surface area contributed by atoms with Crippen LogP contribution in [0.15, 0.2) is 56.7 Å². The highest BCUT2D eigenvalue weighted by Gasteiger charge is 2.34. The van der Waals surface area contributed by atoms with Gasteiger partial charge in [0.05, 0.1) is 42.1 Å². The lowest BCUT2D eigenvalue weighted by molar-refractivity contribution is -0.393. The summed E-state index contributed by atoms with van der Waals surface area (Å²) in [5, 5.41) is 54.4. The molecule has 1 heterocycles. The molecule has 0 fully saturated rings. The molecule has 0 aliphatic rings. The fourth-order valence-corrected chi connectivity index (χ4v) is 8.01. The molecule has 444 valence electrons. The van der Waals surface area contributed by atoms with Crippen molar-refractivity contribution in [2.75, 3.05) is 38.6 Å². The van der Waals surface area contributed by atoms with E-state index in [1.54, 1.807) is 39.8 Å². The average molecular weight is 1140 g/mol. The molecule has 0 unspecified atom stereocenters. The molecule has 17 N–H and O–H groups in total. The van der Waals surface area contributed by atoms with Crippen molar-refractivity contribution in [3.63, 3.8) is 0 Å². The smallest absolute Gasteiger partial charge is 0.336 e. The Morgan fingerprint density at radius 1 is 0.716 bits per heavy atom. The molecule has 8 amide bonds. The molecule has 0 bridgehead atoms. The predicted molar refractivity (Wildman–Crippen MR) is 294 cm³/mol. The molecule has 0 radical (unpaired) electrons. The fraction of sp³-hybridized carbons (Fsp3) is 0.520. The Labute approximate surface area is 464 Å². The summed E-state index contributed by atoms with van der Waals surface area (Å²) in [6.45, 7) is 6.58. The number of unbranched alkanes of at least 4 members (excludes halogenated alkanes) is 1. The number of hydrogen-bond acceptors (Lipinski definition) is 19. The molecule has 0 aliphatic heterocycles. The standard InChI is InChI=1S/C50H73N15O16/c1-25(2)18-35(44(52)70)61-48(74)42(26(3)4)63-47(73)36(23-56-32-15-12-29(64(76)77)21-37(32)65(78)79)58-40(68)24-57-45(71)33(11-9-17-55-50(53)54)59-46(72)34(10-7-8-16-51)60-49(75)43(27(5)66)62-39(67)19-28-20-41(69)81-38-22-30(80-6)13-14-31(28)38/h12-15,20-22,25-27,33-36,42-43,56,66H,7-11,16-19,23-24,51H2,1-6H3,(H2,52,70)(H,57,71)(H,58,68)(H,59,72)(H,60,75)(H,61,74)(H,62,67)(H,63,73)(H4,53,54,55)/t27-,33+,34+,35+,36+,42+,43+/m1/s1. The van der Waals surface area contributed by atoms with Crippen LogP contribution in [0.1, 0.15) is 78.7 Å². The fourth-order valence-electron chi connectivity index (χ4n) is 8.01. The number of primary amides is 1. The van der Waals surface area contributed by atoms with Gasteiger partial charge in [0.25, 0.3) is 11.4 Å². The van der Waals surface area contributed by atoms with Gasteiger partial charge in [-0.3, -0.25) is 63.6 Å². The van der Waals surface area contributed by atoms with Gasteiger partial charge in [-0.15, -0.1) is 0 Å². The van der Waals surface area contributed by atoms with E-state index in [4.69, 9.17) is 32.1 Å². The third-order valence-corrected chi connectivity index (χ3v) is 12.2. The zero-order valence-electron chi connectivity index (χ0n) is 45.7. The maximum Gasteiger partial charge on any atom is 0.336 e. The highest BCUT2D eigenvalue weighted by Crippen LogP contribution is 2.29. The number of fused-ring (bicyclic) bond motifs is 1. The Balaban J connectivity index is 1.89. The van der Waals surface area contributed by atoms with Crippen LogP contribution in [0.5, 0.6) is 5.75 Å². The number of guanidine groups is 1. The molecule has 1 aromatic heterocycles. The lowest BCUT2D eigenvalue weighted by atomic mass is 9.99. The van der Waals surface area contributed by atoms with Gasteiger partial charge < -0.3 is 79.7 Å². The Morgan fingerprint density at radius 2 is 1.35 bits per heavy atom. The number of aliphatic hydroxyl groups excluding tert-OH is 1. The summed E-state index contributed by atoms with van der Waals surface area (Å²) in [4.78, 5) is 147. The second-order valence-corrected chi connectivity index (χ2v) is 19.5. The maximum absolute atomic E-state index is 14.1. The quantitative estimate of drug-likeness (QED) is 0.00772. The molecule has 81 heavy (non-hydrogen) atoms. The summed E-state index contributed by atoms with van der Waals surface area (Å²) in [6, 6.07) is -0.346. The number of benzene rings is 2. The lowest BCUT2D eigenvalue weighted by Crippen LogP contribution is -2.60. The van der Waals surface area contributed by atoms with Gasteiger partial charge in [-0.05, 0) is 87.6 Å². The van der Waals surface area contributed by atoms with Crippen molar-refractivity contribution in [2.24, 2.45) is 39.8 Å². The summed E-state index contributed by atoms with van der Waals surface area (Å²) < 4.78 is 10.4. The molecule has 31 nitrogen and oxygen atoms in total. The van der Waals surface area contributed by atoms with Crippen LogP contribution >= 0.6 is 0 Å². The first-order chi connectivity index (χ1) is 38.1. The number of non-ortho nitro benzene ring substituents is 1. The number of aliphatic imine (C=N–C) groups is 1. The summed E-state index contributed by atoms with van der Waals surface area (Å²) in [5.74, 6) is -8.02. The minimum Gasteiger partial charge on any atom is -0.497 e. The minimum absolute atomic E-state index is 0.0280. The first-order valence-electron chi connectivity index (χ1n) is 25.7. The van der Waals surface area contributed by atoms with Crippen LogP contribution in [0.4, 0.5) is 17.1 Å². The van der Waals surface area contributed by atoms with E-state index in [-0.39, 0.29) is 73.9 Å². The molecular formula is C50H73N15O16. The van der Waals surface area contributed by atoms with Crippen molar-refractivity contribution in [3.8, 4) is 5.75 Å². The summed E-state index contributed by atoms with van der Waals surface area (Å²) >= 11 is 0. The predicted octanol–water partition coefficient (Wildman–Crippen LogP) is -1.95. The number of carbonyl (C=O) groups excluding carboxylic acids is 8. The minimum atomic E-state index is -1.70. The van der Waals surface area contributed by atoms with Crippen molar-refractivity contribution < 1.29 is 62.5 Å². The molecule has 0 spiro atoms. The number of nitrogens with two attached hydrogens (primary N) is 4. The molecule has 0 aliphatic carbocycles. The number of nitro groups is 2. The zero-order valence-corrected chi connectivity index (χ0v) is 45.7. The van der Waals surface area contributed by atoms with Gasteiger partial charge in [-0.25, -0.2) is 4.79 Å². The number of nitrogens with one attached hydrogen (secondary N) is 8. The second-order valence-electron chi connectivity index (χ2n) is 19.5. The number of carbonyl (C=O) groups is 8. The molecule has 0 saturated carbocycles. The molecule has 31 heteroatoms. The maximum atomic E-state index is 14.1. The van der Waals surface area contributed by atoms with Crippen LogP contribution in [-0.4, -0.2) is 144 Å². The second kappa shape index (κ2) is 32.2. The SMILES string of the molecule is COc1ccc2c(CC(=O)N[C@H](C(=O)N[C@@H](CCCCN)C(=O)N[C@@H](CCCN=C(N)N)C(=O)NCC(=O)N[C@@H](CNc3ccc([N+](=O)[O-])cc3[N+](=O)[O-])C(=O)N[C@H](C(=O)N[C@@H](CC(C)C)C(N)=O)C(C)C)[C@@H](C)O)cc(=O)oc2c1. The molecule has 3 rings (SSSR count). The largest absolute Gasteiger partial charge is 0.497 e. The number of nitro benzene ring substituents is 2. The van der Waals surface area contributed by atoms with Crippen molar-refractivity contribution in [1.29, 1.82) is 0 Å². The molecule has 3 aromatic rings. The normalized spacial score (nSPS) is 13.7. The monoisotopic (exact) mass is 1140 g/mol. The van der Waals surface area contributed by atoms with E-state index in [2.05, 4.69) is 47.5 Å². The Morgan fingerprint density at radius 3 is 1.94 bits per heavy atom. The third-order valence-electron chi connectivity index (χ3n) is 12.2. The third kappa shape index (κ3) is 21.6. The topological polar surface area (TPSA) is 495 Å². The number of aliphatic hydroxyl groups is 1. The number of anilines is 1. The molecular weight excluding hydrogens is 1070 g/mol.